The molecule has 0 aliphatic carbocycles. The largest absolute Gasteiger partial charge is 0.340 e. The molecule has 2 rings (SSSR count). The molecule has 0 atom stereocenters. The van der Waals surface area contributed by atoms with Crippen LogP contribution in [0.5, 0.6) is 0 Å². The highest BCUT2D eigenvalue weighted by atomic mass is 79.9. The van der Waals surface area contributed by atoms with E-state index in [0.717, 1.165) is 25.7 Å². The van der Waals surface area contributed by atoms with Crippen molar-refractivity contribution in [3.63, 3.8) is 0 Å². The normalized spacial score (nSPS) is 11.7. The summed E-state index contributed by atoms with van der Waals surface area (Å²) < 4.78 is 26.9. The highest BCUT2D eigenvalue weighted by molar-refractivity contribution is 9.10. The molecule has 0 saturated heterocycles. The molecule has 1 heterocycles. The molecule has 1 aromatic carbocycles. The zero-order valence-electron chi connectivity index (χ0n) is 12.8. The van der Waals surface area contributed by atoms with Crippen LogP contribution >= 0.6 is 27.3 Å². The first kappa shape index (κ1) is 18.1. The summed E-state index contributed by atoms with van der Waals surface area (Å²) in [6, 6.07) is 10.8. The van der Waals surface area contributed by atoms with E-state index in [1.165, 1.54) is 18.0 Å². The van der Waals surface area contributed by atoms with E-state index in [0.29, 0.717) is 6.54 Å². The van der Waals surface area contributed by atoms with Crippen molar-refractivity contribution in [2.24, 2.45) is 0 Å². The van der Waals surface area contributed by atoms with E-state index in [2.05, 4.69) is 15.9 Å². The Kier molecular flexibility index (Phi) is 5.96. The Labute approximate surface area is 148 Å². The van der Waals surface area contributed by atoms with Crippen molar-refractivity contribution in [1.29, 1.82) is 0 Å². The van der Waals surface area contributed by atoms with Crippen LogP contribution in [0.2, 0.25) is 0 Å². The van der Waals surface area contributed by atoms with Gasteiger partial charge in [0.2, 0.25) is 5.91 Å². The summed E-state index contributed by atoms with van der Waals surface area (Å²) in [7, 11) is -0.525. The molecule has 0 bridgehead atoms. The number of likely N-dealkylation sites (N-methyl/N-ethyl adjacent to an activating group) is 2. The monoisotopic (exact) mass is 416 g/mol. The minimum atomic E-state index is -3.60. The summed E-state index contributed by atoms with van der Waals surface area (Å²) in [6.07, 6.45) is 0. The second-order valence-corrected chi connectivity index (χ2v) is 9.20. The van der Waals surface area contributed by atoms with Gasteiger partial charge in [-0.05, 0) is 29.1 Å². The van der Waals surface area contributed by atoms with E-state index in [4.69, 9.17) is 0 Å². The molecule has 0 unspecified atom stereocenters. The van der Waals surface area contributed by atoms with E-state index in [-0.39, 0.29) is 16.7 Å². The van der Waals surface area contributed by atoms with Crippen LogP contribution in [0.15, 0.2) is 50.5 Å². The Hall–Kier alpha value is -1.22. The highest BCUT2D eigenvalue weighted by Crippen LogP contribution is 2.19. The third-order valence-corrected chi connectivity index (χ3v) is 6.98. The van der Waals surface area contributed by atoms with Crippen molar-refractivity contribution >= 4 is 43.2 Å². The molecule has 1 aromatic heterocycles. The van der Waals surface area contributed by atoms with Crippen LogP contribution in [-0.4, -0.2) is 44.2 Å². The van der Waals surface area contributed by atoms with Crippen LogP contribution in [0.1, 0.15) is 5.56 Å². The topological polar surface area (TPSA) is 57.7 Å². The molecule has 0 N–H and O–H groups in total. The van der Waals surface area contributed by atoms with E-state index >= 15 is 0 Å². The molecule has 2 aromatic rings. The van der Waals surface area contributed by atoms with Crippen LogP contribution in [0.25, 0.3) is 0 Å². The summed E-state index contributed by atoms with van der Waals surface area (Å²) in [5, 5.41) is 1.70. The second kappa shape index (κ2) is 7.57. The average molecular weight is 417 g/mol. The van der Waals surface area contributed by atoms with Crippen molar-refractivity contribution in [3.05, 3.63) is 51.8 Å². The lowest BCUT2D eigenvalue weighted by Gasteiger charge is -2.21. The number of hydrogen-bond donors (Lipinski definition) is 0. The average Bonchev–Trinajstić information content (AvgIpc) is 3.04. The molecule has 1 amide bonds. The maximum atomic E-state index is 12.3. The fourth-order valence-electron chi connectivity index (χ4n) is 1.91. The Morgan fingerprint density at radius 3 is 2.39 bits per heavy atom. The first-order chi connectivity index (χ1) is 10.8. The summed E-state index contributed by atoms with van der Waals surface area (Å²) in [5.74, 6) is -0.254. The minimum absolute atomic E-state index is 0.187. The van der Waals surface area contributed by atoms with Gasteiger partial charge in [0.05, 0.1) is 6.54 Å². The number of thiophene rings is 1. The quantitative estimate of drug-likeness (QED) is 0.727. The smallest absolute Gasteiger partial charge is 0.252 e. The molecule has 8 heteroatoms. The third-order valence-electron chi connectivity index (χ3n) is 3.28. The summed E-state index contributed by atoms with van der Waals surface area (Å²) >= 11 is 4.50. The van der Waals surface area contributed by atoms with Gasteiger partial charge in [0.1, 0.15) is 4.21 Å². The molecule has 5 nitrogen and oxygen atoms in total. The van der Waals surface area contributed by atoms with Crippen LogP contribution in [0.4, 0.5) is 0 Å². The van der Waals surface area contributed by atoms with E-state index < -0.39 is 10.0 Å². The maximum absolute atomic E-state index is 12.3. The number of hydrogen-bond acceptors (Lipinski definition) is 4. The summed E-state index contributed by atoms with van der Waals surface area (Å²) in [5.41, 5.74) is 0.979. The lowest BCUT2D eigenvalue weighted by Crippen LogP contribution is -2.38. The number of rotatable bonds is 6. The molecular formula is C15H17BrN2O3S2. The van der Waals surface area contributed by atoms with Gasteiger partial charge >= 0.3 is 0 Å². The molecule has 0 spiro atoms. The molecule has 0 aliphatic heterocycles. The number of amides is 1. The van der Waals surface area contributed by atoms with Crippen LogP contribution in [0, 0.1) is 0 Å². The lowest BCUT2D eigenvalue weighted by molar-refractivity contribution is -0.130. The van der Waals surface area contributed by atoms with Crippen LogP contribution in [-0.2, 0) is 21.4 Å². The van der Waals surface area contributed by atoms with Crippen molar-refractivity contribution < 1.29 is 13.2 Å². The Morgan fingerprint density at radius 1 is 1.17 bits per heavy atom. The van der Waals surface area contributed by atoms with Gasteiger partial charge in [-0.3, -0.25) is 4.79 Å². The first-order valence-corrected chi connectivity index (χ1v) is 9.90. The zero-order valence-corrected chi connectivity index (χ0v) is 16.0. The molecule has 124 valence electrons. The molecule has 0 radical (unpaired) electrons. The number of sulfonamides is 1. The molecule has 0 fully saturated rings. The lowest BCUT2D eigenvalue weighted by atomic mass is 10.2. The Morgan fingerprint density at radius 2 is 1.83 bits per heavy atom. The number of nitrogens with zero attached hydrogens (tertiary/aromatic N) is 2. The van der Waals surface area contributed by atoms with Crippen molar-refractivity contribution in [1.82, 2.24) is 9.21 Å². The highest BCUT2D eigenvalue weighted by Gasteiger charge is 2.25. The van der Waals surface area contributed by atoms with Gasteiger partial charge in [-0.15, -0.1) is 11.3 Å². The van der Waals surface area contributed by atoms with Gasteiger partial charge in [0, 0.05) is 25.1 Å². The molecular weight excluding hydrogens is 400 g/mol. The van der Waals surface area contributed by atoms with Crippen LogP contribution < -0.4 is 0 Å². The number of carbonyl (C=O) groups excluding carboxylic acids is 1. The summed E-state index contributed by atoms with van der Waals surface area (Å²) in [6.45, 7) is 0.242. The van der Waals surface area contributed by atoms with E-state index in [9.17, 15) is 13.2 Å². The maximum Gasteiger partial charge on any atom is 0.252 e. The molecule has 0 aliphatic rings. The van der Waals surface area contributed by atoms with Crippen molar-refractivity contribution in [3.8, 4) is 0 Å². The Balaban J connectivity index is 1.99. The van der Waals surface area contributed by atoms with E-state index in [1.807, 2.05) is 24.3 Å². The molecule has 23 heavy (non-hydrogen) atoms. The second-order valence-electron chi connectivity index (χ2n) is 5.07. The van der Waals surface area contributed by atoms with Gasteiger partial charge in [0.15, 0.2) is 0 Å². The standard InChI is InChI=1S/C15H17BrN2O3S2/c1-17(10-12-5-7-13(16)8-6-12)14(19)11-18(2)23(20,21)15-4-3-9-22-15/h3-9H,10-11H2,1-2H3. The fraction of sp³-hybridized carbons (Fsp3) is 0.267. The Bertz CT molecular complexity index is 759. The predicted molar refractivity (Wildman–Crippen MR) is 94.8 cm³/mol. The van der Waals surface area contributed by atoms with Crippen LogP contribution in [0.3, 0.4) is 0 Å². The first-order valence-electron chi connectivity index (χ1n) is 6.79. The SMILES string of the molecule is CN(Cc1ccc(Br)cc1)C(=O)CN(C)S(=O)(=O)c1cccs1. The van der Waals surface area contributed by atoms with E-state index in [1.54, 1.807) is 18.5 Å². The number of halogens is 1. The van der Waals surface area contributed by atoms with Gasteiger partial charge in [-0.25, -0.2) is 8.42 Å². The van der Waals surface area contributed by atoms with Crippen molar-refractivity contribution in [2.75, 3.05) is 20.6 Å². The van der Waals surface area contributed by atoms with Gasteiger partial charge in [-0.2, -0.15) is 4.31 Å². The molecule has 0 saturated carbocycles. The van der Waals surface area contributed by atoms with Gasteiger partial charge < -0.3 is 4.90 Å². The van der Waals surface area contributed by atoms with Gasteiger partial charge in [0.25, 0.3) is 10.0 Å². The minimum Gasteiger partial charge on any atom is -0.340 e. The third kappa shape index (κ3) is 4.63. The fourth-order valence-corrected chi connectivity index (χ4v) is 4.50. The number of benzene rings is 1. The van der Waals surface area contributed by atoms with Gasteiger partial charge in [-0.1, -0.05) is 34.1 Å². The van der Waals surface area contributed by atoms with Crippen molar-refractivity contribution in [2.45, 2.75) is 10.8 Å². The zero-order chi connectivity index (χ0) is 17.0. The summed E-state index contributed by atoms with van der Waals surface area (Å²) in [4.78, 5) is 13.8. The number of carbonyl (C=O) groups is 1. The predicted octanol–water partition coefficient (Wildman–Crippen LogP) is 2.79.